The Kier molecular flexibility index (Phi) is 3.91. The molecule has 0 saturated carbocycles. The van der Waals surface area contributed by atoms with Crippen molar-refractivity contribution in [2.45, 2.75) is 38.8 Å². The van der Waals surface area contributed by atoms with Crippen LogP contribution in [0.4, 0.5) is 0 Å². The molecule has 10 heavy (non-hydrogen) atoms. The van der Waals surface area contributed by atoms with Crippen LogP contribution >= 0.6 is 0 Å². The average Bonchev–Trinajstić information content (AvgIpc) is 1.88. The van der Waals surface area contributed by atoms with Crippen molar-refractivity contribution in [3.8, 4) is 0 Å². The first-order valence-electron chi connectivity index (χ1n) is 3.96. The Morgan fingerprint density at radius 1 is 1.30 bits per heavy atom. The summed E-state index contributed by atoms with van der Waals surface area (Å²) >= 11 is 0. The molecule has 0 aromatic heterocycles. The fourth-order valence-electron chi connectivity index (χ4n) is 1.12. The van der Waals surface area contributed by atoms with E-state index in [1.54, 1.807) is 0 Å². The first-order chi connectivity index (χ1) is 4.56. The summed E-state index contributed by atoms with van der Waals surface area (Å²) in [5, 5.41) is 9.82. The molecule has 2 nitrogen and oxygen atoms in total. The SMILES string of the molecule is CCCC(O)(CC)N(C)C. The van der Waals surface area contributed by atoms with Gasteiger partial charge in [0.15, 0.2) is 0 Å². The van der Waals surface area contributed by atoms with Crippen molar-refractivity contribution in [2.24, 2.45) is 0 Å². The van der Waals surface area contributed by atoms with Gasteiger partial charge in [-0.2, -0.15) is 0 Å². The second kappa shape index (κ2) is 3.94. The zero-order valence-corrected chi connectivity index (χ0v) is 7.52. The van der Waals surface area contributed by atoms with Crippen molar-refractivity contribution in [1.29, 1.82) is 0 Å². The zero-order valence-electron chi connectivity index (χ0n) is 7.52. The van der Waals surface area contributed by atoms with E-state index in [0.29, 0.717) is 0 Å². The molecule has 0 saturated heterocycles. The molecular formula is C8H19NO. The van der Waals surface area contributed by atoms with Gasteiger partial charge in [0.25, 0.3) is 0 Å². The van der Waals surface area contributed by atoms with Crippen LogP contribution in [0.3, 0.4) is 0 Å². The minimum Gasteiger partial charge on any atom is -0.376 e. The quantitative estimate of drug-likeness (QED) is 0.605. The van der Waals surface area contributed by atoms with E-state index in [2.05, 4.69) is 6.92 Å². The lowest BCUT2D eigenvalue weighted by Crippen LogP contribution is -2.43. The normalized spacial score (nSPS) is 17.4. The van der Waals surface area contributed by atoms with Crippen LogP contribution in [0.1, 0.15) is 33.1 Å². The highest BCUT2D eigenvalue weighted by Crippen LogP contribution is 2.18. The van der Waals surface area contributed by atoms with Crippen LogP contribution in [0.2, 0.25) is 0 Å². The monoisotopic (exact) mass is 145 g/mol. The van der Waals surface area contributed by atoms with Crippen molar-refractivity contribution in [3.05, 3.63) is 0 Å². The molecule has 0 rings (SSSR count). The lowest BCUT2D eigenvalue weighted by atomic mass is 10.0. The third kappa shape index (κ3) is 2.27. The Bertz CT molecular complexity index is 93.3. The molecule has 0 bridgehead atoms. The molecule has 0 radical (unpaired) electrons. The Morgan fingerprint density at radius 2 is 1.80 bits per heavy atom. The fourth-order valence-corrected chi connectivity index (χ4v) is 1.12. The van der Waals surface area contributed by atoms with E-state index in [1.165, 1.54) is 0 Å². The Morgan fingerprint density at radius 3 is 1.90 bits per heavy atom. The maximum Gasteiger partial charge on any atom is 0.117 e. The molecule has 0 aliphatic carbocycles. The second-order valence-electron chi connectivity index (χ2n) is 2.98. The van der Waals surface area contributed by atoms with Crippen LogP contribution in [0.25, 0.3) is 0 Å². The third-order valence-corrected chi connectivity index (χ3v) is 2.05. The van der Waals surface area contributed by atoms with E-state index in [4.69, 9.17) is 0 Å². The Labute approximate surface area is 63.8 Å². The summed E-state index contributed by atoms with van der Waals surface area (Å²) in [4.78, 5) is 1.89. The van der Waals surface area contributed by atoms with Gasteiger partial charge in [0.2, 0.25) is 0 Å². The van der Waals surface area contributed by atoms with Crippen LogP contribution in [-0.4, -0.2) is 29.8 Å². The summed E-state index contributed by atoms with van der Waals surface area (Å²) in [5.41, 5.74) is -0.575. The fraction of sp³-hybridized carbons (Fsp3) is 1.00. The van der Waals surface area contributed by atoms with Gasteiger partial charge in [-0.15, -0.1) is 0 Å². The van der Waals surface area contributed by atoms with Crippen LogP contribution in [-0.2, 0) is 0 Å². The number of nitrogens with zero attached hydrogens (tertiary/aromatic N) is 1. The molecule has 0 aromatic carbocycles. The molecule has 62 valence electrons. The molecule has 1 atom stereocenters. The van der Waals surface area contributed by atoms with E-state index in [0.717, 1.165) is 19.3 Å². The van der Waals surface area contributed by atoms with Gasteiger partial charge in [-0.1, -0.05) is 20.3 Å². The molecular weight excluding hydrogens is 126 g/mol. The molecule has 0 aliphatic rings. The van der Waals surface area contributed by atoms with Crippen LogP contribution in [0, 0.1) is 0 Å². The summed E-state index contributed by atoms with van der Waals surface area (Å²) < 4.78 is 0. The predicted octanol–water partition coefficient (Wildman–Crippen LogP) is 1.45. The van der Waals surface area contributed by atoms with Crippen LogP contribution in [0.15, 0.2) is 0 Å². The number of hydrogen-bond acceptors (Lipinski definition) is 2. The first-order valence-corrected chi connectivity index (χ1v) is 3.96. The zero-order chi connectivity index (χ0) is 8.20. The van der Waals surface area contributed by atoms with E-state index in [-0.39, 0.29) is 0 Å². The lowest BCUT2D eigenvalue weighted by Gasteiger charge is -2.33. The highest BCUT2D eigenvalue weighted by atomic mass is 16.3. The van der Waals surface area contributed by atoms with Crippen molar-refractivity contribution in [1.82, 2.24) is 4.90 Å². The first kappa shape index (κ1) is 9.92. The van der Waals surface area contributed by atoms with Crippen LogP contribution in [0.5, 0.6) is 0 Å². The molecule has 0 heterocycles. The number of rotatable bonds is 4. The van der Waals surface area contributed by atoms with Gasteiger partial charge in [-0.05, 0) is 26.9 Å². The van der Waals surface area contributed by atoms with Gasteiger partial charge in [-0.3, -0.25) is 4.90 Å². The van der Waals surface area contributed by atoms with E-state index in [9.17, 15) is 5.11 Å². The molecule has 2 heteroatoms. The van der Waals surface area contributed by atoms with Crippen LogP contribution < -0.4 is 0 Å². The minimum atomic E-state index is -0.575. The van der Waals surface area contributed by atoms with Gasteiger partial charge in [0.1, 0.15) is 5.72 Å². The van der Waals surface area contributed by atoms with Gasteiger partial charge in [0, 0.05) is 0 Å². The molecule has 0 aromatic rings. The van der Waals surface area contributed by atoms with Gasteiger partial charge in [-0.25, -0.2) is 0 Å². The second-order valence-corrected chi connectivity index (χ2v) is 2.98. The molecule has 0 amide bonds. The van der Waals surface area contributed by atoms with Gasteiger partial charge in [0.05, 0.1) is 0 Å². The predicted molar refractivity (Wildman–Crippen MR) is 43.8 cm³/mol. The summed E-state index contributed by atoms with van der Waals surface area (Å²) in [6.45, 7) is 4.10. The number of aliphatic hydroxyl groups is 1. The smallest absolute Gasteiger partial charge is 0.117 e. The summed E-state index contributed by atoms with van der Waals surface area (Å²) in [7, 11) is 3.83. The number of hydrogen-bond donors (Lipinski definition) is 1. The third-order valence-electron chi connectivity index (χ3n) is 2.05. The maximum absolute atomic E-state index is 9.82. The summed E-state index contributed by atoms with van der Waals surface area (Å²) in [5.74, 6) is 0. The molecule has 0 aliphatic heterocycles. The van der Waals surface area contributed by atoms with Gasteiger partial charge < -0.3 is 5.11 Å². The molecule has 1 N–H and O–H groups in total. The van der Waals surface area contributed by atoms with E-state index < -0.39 is 5.72 Å². The molecule has 0 fully saturated rings. The standard InChI is InChI=1S/C8H19NO/c1-5-7-8(10,6-2)9(3)4/h10H,5-7H2,1-4H3. The van der Waals surface area contributed by atoms with E-state index >= 15 is 0 Å². The largest absolute Gasteiger partial charge is 0.376 e. The average molecular weight is 145 g/mol. The Balaban J connectivity index is 3.94. The topological polar surface area (TPSA) is 23.5 Å². The van der Waals surface area contributed by atoms with Crippen molar-refractivity contribution >= 4 is 0 Å². The molecule has 1 unspecified atom stereocenters. The summed E-state index contributed by atoms with van der Waals surface area (Å²) in [6, 6.07) is 0. The highest BCUT2D eigenvalue weighted by Gasteiger charge is 2.25. The Hall–Kier alpha value is -0.0800. The summed E-state index contributed by atoms with van der Waals surface area (Å²) in [6.07, 6.45) is 2.69. The van der Waals surface area contributed by atoms with E-state index in [1.807, 2.05) is 25.9 Å². The van der Waals surface area contributed by atoms with Gasteiger partial charge >= 0.3 is 0 Å². The lowest BCUT2D eigenvalue weighted by molar-refractivity contribution is -0.0915. The highest BCUT2D eigenvalue weighted by molar-refractivity contribution is 4.71. The van der Waals surface area contributed by atoms with Crippen molar-refractivity contribution in [2.75, 3.05) is 14.1 Å². The molecule has 0 spiro atoms. The van der Waals surface area contributed by atoms with Crippen molar-refractivity contribution < 1.29 is 5.11 Å². The minimum absolute atomic E-state index is 0.575. The van der Waals surface area contributed by atoms with Crippen molar-refractivity contribution in [3.63, 3.8) is 0 Å². The maximum atomic E-state index is 9.82.